The lowest BCUT2D eigenvalue weighted by molar-refractivity contribution is 0.811. The van der Waals surface area contributed by atoms with E-state index in [9.17, 15) is 0 Å². The zero-order chi connectivity index (χ0) is 13.1. The van der Waals surface area contributed by atoms with Crippen molar-refractivity contribution in [2.75, 3.05) is 0 Å². The minimum absolute atomic E-state index is 0.0266. The van der Waals surface area contributed by atoms with Gasteiger partial charge in [0.1, 0.15) is 0 Å². The molecule has 2 rings (SSSR count). The molecule has 0 radical (unpaired) electrons. The Labute approximate surface area is 125 Å². The Bertz CT molecular complexity index is 557. The summed E-state index contributed by atoms with van der Waals surface area (Å²) in [6.07, 6.45) is 0. The fraction of sp³-hybridized carbons (Fsp3) is 0.143. The van der Waals surface area contributed by atoms with Crippen LogP contribution in [0.15, 0.2) is 56.7 Å². The minimum Gasteiger partial charge on any atom is -0.324 e. The van der Waals surface area contributed by atoms with E-state index in [1.54, 1.807) is 11.8 Å². The summed E-state index contributed by atoms with van der Waals surface area (Å²) in [5, 5.41) is 0.773. The van der Waals surface area contributed by atoms with Crippen molar-refractivity contribution >= 4 is 39.3 Å². The number of hydrogen-bond donors (Lipinski definition) is 1. The van der Waals surface area contributed by atoms with Crippen molar-refractivity contribution in [3.63, 3.8) is 0 Å². The van der Waals surface area contributed by atoms with Crippen molar-refractivity contribution in [2.45, 2.75) is 22.8 Å². The Morgan fingerprint density at radius 2 is 1.94 bits per heavy atom. The Morgan fingerprint density at radius 3 is 2.56 bits per heavy atom. The van der Waals surface area contributed by atoms with Crippen LogP contribution in [0.3, 0.4) is 0 Å². The highest BCUT2D eigenvalue weighted by Gasteiger charge is 2.07. The molecule has 0 amide bonds. The average Bonchev–Trinajstić information content (AvgIpc) is 2.32. The number of nitrogens with two attached hydrogens (primary N) is 1. The predicted molar refractivity (Wildman–Crippen MR) is 82.3 cm³/mol. The van der Waals surface area contributed by atoms with Crippen LogP contribution in [-0.2, 0) is 0 Å². The van der Waals surface area contributed by atoms with Gasteiger partial charge in [-0.25, -0.2) is 0 Å². The van der Waals surface area contributed by atoms with E-state index < -0.39 is 0 Å². The van der Waals surface area contributed by atoms with Crippen molar-refractivity contribution in [1.29, 1.82) is 0 Å². The molecular formula is C14H13BrClNS. The van der Waals surface area contributed by atoms with Crippen LogP contribution in [-0.4, -0.2) is 0 Å². The van der Waals surface area contributed by atoms with Crippen molar-refractivity contribution < 1.29 is 0 Å². The lowest BCUT2D eigenvalue weighted by Crippen LogP contribution is -2.05. The molecule has 2 N–H and O–H groups in total. The standard InChI is InChI=1S/C14H13BrClNS/c1-9(17)11-7-6-10(8-12(11)15)18-14-5-3-2-4-13(14)16/h2-9H,17H2,1H3. The second-order valence-electron chi connectivity index (χ2n) is 4.00. The highest BCUT2D eigenvalue weighted by atomic mass is 79.9. The van der Waals surface area contributed by atoms with Crippen LogP contribution >= 0.6 is 39.3 Å². The van der Waals surface area contributed by atoms with Gasteiger partial charge in [0, 0.05) is 20.3 Å². The van der Waals surface area contributed by atoms with E-state index in [1.807, 2.05) is 37.3 Å². The predicted octanol–water partition coefficient (Wildman–Crippen LogP) is 5.27. The van der Waals surface area contributed by atoms with Crippen molar-refractivity contribution in [3.05, 3.63) is 57.5 Å². The van der Waals surface area contributed by atoms with Gasteiger partial charge in [-0.15, -0.1) is 0 Å². The molecule has 0 fully saturated rings. The molecule has 2 aromatic rings. The zero-order valence-corrected chi connectivity index (χ0v) is 13.0. The lowest BCUT2D eigenvalue weighted by atomic mass is 10.1. The first-order valence-corrected chi connectivity index (χ1v) is 7.54. The van der Waals surface area contributed by atoms with Crippen LogP contribution < -0.4 is 5.73 Å². The molecule has 0 saturated carbocycles. The van der Waals surface area contributed by atoms with Gasteiger partial charge >= 0.3 is 0 Å². The second kappa shape index (κ2) is 6.11. The van der Waals surface area contributed by atoms with Gasteiger partial charge in [0.2, 0.25) is 0 Å². The molecule has 0 aromatic heterocycles. The summed E-state index contributed by atoms with van der Waals surface area (Å²) in [6, 6.07) is 14.0. The molecule has 4 heteroatoms. The summed E-state index contributed by atoms with van der Waals surface area (Å²) < 4.78 is 1.04. The van der Waals surface area contributed by atoms with E-state index in [1.165, 1.54) is 0 Å². The monoisotopic (exact) mass is 341 g/mol. The van der Waals surface area contributed by atoms with Gasteiger partial charge in [-0.3, -0.25) is 0 Å². The molecule has 1 unspecified atom stereocenters. The Kier molecular flexibility index (Phi) is 4.73. The molecule has 0 bridgehead atoms. The van der Waals surface area contributed by atoms with E-state index in [0.717, 1.165) is 24.8 Å². The molecule has 94 valence electrons. The smallest absolute Gasteiger partial charge is 0.0545 e. The molecule has 18 heavy (non-hydrogen) atoms. The molecule has 2 aromatic carbocycles. The Hall–Kier alpha value is -0.480. The summed E-state index contributed by atoms with van der Waals surface area (Å²) in [5.74, 6) is 0. The third-order valence-electron chi connectivity index (χ3n) is 2.53. The highest BCUT2D eigenvalue weighted by Crippen LogP contribution is 2.35. The summed E-state index contributed by atoms with van der Waals surface area (Å²) in [5.41, 5.74) is 6.99. The third kappa shape index (κ3) is 3.29. The maximum Gasteiger partial charge on any atom is 0.0545 e. The number of halogens is 2. The minimum atomic E-state index is 0.0266. The first-order valence-electron chi connectivity index (χ1n) is 5.55. The number of benzene rings is 2. The van der Waals surface area contributed by atoms with E-state index >= 15 is 0 Å². The summed E-state index contributed by atoms with van der Waals surface area (Å²) in [4.78, 5) is 2.19. The molecule has 0 aliphatic carbocycles. The fourth-order valence-electron chi connectivity index (χ4n) is 1.60. The molecule has 0 aliphatic rings. The summed E-state index contributed by atoms with van der Waals surface area (Å²) in [6.45, 7) is 1.97. The first-order chi connectivity index (χ1) is 8.58. The Balaban J connectivity index is 2.26. The first kappa shape index (κ1) is 13.9. The van der Waals surface area contributed by atoms with E-state index in [0.29, 0.717) is 0 Å². The van der Waals surface area contributed by atoms with Crippen LogP contribution in [0, 0.1) is 0 Å². The van der Waals surface area contributed by atoms with Crippen LogP contribution in [0.4, 0.5) is 0 Å². The van der Waals surface area contributed by atoms with Crippen LogP contribution in [0.5, 0.6) is 0 Å². The van der Waals surface area contributed by atoms with Gasteiger partial charge in [0.05, 0.1) is 5.02 Å². The maximum atomic E-state index is 6.14. The Morgan fingerprint density at radius 1 is 1.22 bits per heavy atom. The molecule has 1 atom stereocenters. The average molecular weight is 343 g/mol. The van der Waals surface area contributed by atoms with Crippen LogP contribution in [0.2, 0.25) is 5.02 Å². The second-order valence-corrected chi connectivity index (χ2v) is 6.38. The van der Waals surface area contributed by atoms with Crippen LogP contribution in [0.25, 0.3) is 0 Å². The van der Waals surface area contributed by atoms with Crippen molar-refractivity contribution in [3.8, 4) is 0 Å². The molecule has 1 nitrogen and oxygen atoms in total. The number of rotatable bonds is 3. The van der Waals surface area contributed by atoms with Gasteiger partial charge < -0.3 is 5.73 Å². The van der Waals surface area contributed by atoms with Gasteiger partial charge in [0.15, 0.2) is 0 Å². The van der Waals surface area contributed by atoms with E-state index in [4.69, 9.17) is 17.3 Å². The van der Waals surface area contributed by atoms with E-state index in [-0.39, 0.29) is 6.04 Å². The zero-order valence-electron chi connectivity index (χ0n) is 9.86. The molecular weight excluding hydrogens is 330 g/mol. The van der Waals surface area contributed by atoms with Gasteiger partial charge in [0.25, 0.3) is 0 Å². The van der Waals surface area contributed by atoms with Crippen molar-refractivity contribution in [1.82, 2.24) is 0 Å². The van der Waals surface area contributed by atoms with Gasteiger partial charge in [-0.2, -0.15) is 0 Å². The molecule has 0 spiro atoms. The lowest BCUT2D eigenvalue weighted by Gasteiger charge is -2.10. The van der Waals surface area contributed by atoms with Gasteiger partial charge in [-0.1, -0.05) is 57.5 Å². The number of hydrogen-bond acceptors (Lipinski definition) is 2. The van der Waals surface area contributed by atoms with E-state index in [2.05, 4.69) is 28.1 Å². The SMILES string of the molecule is CC(N)c1ccc(Sc2ccccc2Cl)cc1Br. The fourth-order valence-corrected chi connectivity index (χ4v) is 3.62. The largest absolute Gasteiger partial charge is 0.324 e. The maximum absolute atomic E-state index is 6.14. The summed E-state index contributed by atoms with van der Waals surface area (Å²) >= 11 is 11.3. The summed E-state index contributed by atoms with van der Waals surface area (Å²) in [7, 11) is 0. The molecule has 0 saturated heterocycles. The highest BCUT2D eigenvalue weighted by molar-refractivity contribution is 9.10. The van der Waals surface area contributed by atoms with Gasteiger partial charge in [-0.05, 0) is 36.8 Å². The van der Waals surface area contributed by atoms with Crippen molar-refractivity contribution in [2.24, 2.45) is 5.73 Å². The normalized spacial score (nSPS) is 12.4. The third-order valence-corrected chi connectivity index (χ3v) is 4.72. The molecule has 0 aliphatic heterocycles. The quantitative estimate of drug-likeness (QED) is 0.822. The molecule has 0 heterocycles. The topological polar surface area (TPSA) is 26.0 Å². The van der Waals surface area contributed by atoms with Crippen LogP contribution in [0.1, 0.15) is 18.5 Å².